The summed E-state index contributed by atoms with van der Waals surface area (Å²) in [6.07, 6.45) is -2.63. The molecule has 23 heavy (non-hydrogen) atoms. The molecule has 0 unspecified atom stereocenters. The maximum absolute atomic E-state index is 12.8. The topological polar surface area (TPSA) is 28.5 Å². The summed E-state index contributed by atoms with van der Waals surface area (Å²) in [6.45, 7) is 1.41. The lowest BCUT2D eigenvalue weighted by molar-refractivity contribution is -0.137. The zero-order valence-electron chi connectivity index (χ0n) is 12.1. The van der Waals surface area contributed by atoms with Crippen molar-refractivity contribution < 1.29 is 13.2 Å². The van der Waals surface area contributed by atoms with Crippen LogP contribution in [0.15, 0.2) is 53.7 Å². The average Bonchev–Trinajstić information content (AvgIpc) is 2.95. The highest BCUT2D eigenvalue weighted by Crippen LogP contribution is 2.32. The van der Waals surface area contributed by atoms with Gasteiger partial charge in [-0.25, -0.2) is 4.99 Å². The molecule has 0 spiro atoms. The maximum atomic E-state index is 12.8. The molecule has 0 amide bonds. The van der Waals surface area contributed by atoms with Gasteiger partial charge in [0.05, 0.1) is 23.5 Å². The van der Waals surface area contributed by atoms with Crippen molar-refractivity contribution >= 4 is 22.6 Å². The molecule has 7 heteroatoms. The third-order valence-electron chi connectivity index (χ3n) is 3.34. The standard InChI is InChI=1S/C16H14F3N3S/c17-16(18,19)12-4-3-6-13(10-12)21-15-22(8-9-23-15)11-14-5-1-2-7-20-14/h1-7,10H,8-9,11H2. The van der Waals surface area contributed by atoms with Gasteiger partial charge in [-0.2, -0.15) is 13.2 Å². The number of halogens is 3. The second-order valence-electron chi connectivity index (χ2n) is 5.03. The number of aliphatic imine (C=N–C) groups is 1. The Hall–Kier alpha value is -2.02. The number of aromatic nitrogens is 1. The molecule has 0 saturated carbocycles. The molecule has 1 aromatic carbocycles. The van der Waals surface area contributed by atoms with E-state index in [0.717, 1.165) is 35.3 Å². The third kappa shape index (κ3) is 4.04. The molecule has 0 radical (unpaired) electrons. The molecule has 1 aromatic heterocycles. The van der Waals surface area contributed by atoms with Crippen molar-refractivity contribution in [1.82, 2.24) is 9.88 Å². The molecule has 1 fully saturated rings. The fraction of sp³-hybridized carbons (Fsp3) is 0.250. The van der Waals surface area contributed by atoms with E-state index in [0.29, 0.717) is 12.2 Å². The Kier molecular flexibility index (Phi) is 4.56. The van der Waals surface area contributed by atoms with E-state index >= 15 is 0 Å². The zero-order valence-corrected chi connectivity index (χ0v) is 12.9. The molecule has 120 valence electrons. The van der Waals surface area contributed by atoms with Crippen molar-refractivity contribution in [2.45, 2.75) is 12.7 Å². The summed E-state index contributed by atoms with van der Waals surface area (Å²) in [5.74, 6) is 0.866. The maximum Gasteiger partial charge on any atom is 0.416 e. The van der Waals surface area contributed by atoms with Gasteiger partial charge in [0.1, 0.15) is 0 Å². The van der Waals surface area contributed by atoms with Gasteiger partial charge in [0.25, 0.3) is 0 Å². The summed E-state index contributed by atoms with van der Waals surface area (Å²) in [5.41, 5.74) is 0.542. The Balaban J connectivity index is 1.81. The van der Waals surface area contributed by atoms with E-state index in [-0.39, 0.29) is 0 Å². The minimum Gasteiger partial charge on any atom is -0.344 e. The van der Waals surface area contributed by atoms with Crippen LogP contribution in [0, 0.1) is 0 Å². The number of pyridine rings is 1. The van der Waals surface area contributed by atoms with Gasteiger partial charge in [-0.15, -0.1) is 0 Å². The summed E-state index contributed by atoms with van der Waals surface area (Å²) in [5, 5.41) is 0.731. The Bertz CT molecular complexity index is 701. The number of hydrogen-bond donors (Lipinski definition) is 0. The Labute approximate surface area is 136 Å². The molecule has 0 N–H and O–H groups in total. The highest BCUT2D eigenvalue weighted by Gasteiger charge is 2.30. The Morgan fingerprint density at radius 3 is 2.78 bits per heavy atom. The van der Waals surface area contributed by atoms with Crippen LogP contribution in [0.1, 0.15) is 11.3 Å². The highest BCUT2D eigenvalue weighted by molar-refractivity contribution is 8.14. The quantitative estimate of drug-likeness (QED) is 0.834. The van der Waals surface area contributed by atoms with Crippen LogP contribution in [-0.2, 0) is 12.7 Å². The van der Waals surface area contributed by atoms with Gasteiger partial charge in [0, 0.05) is 18.5 Å². The monoisotopic (exact) mass is 337 g/mol. The second-order valence-corrected chi connectivity index (χ2v) is 6.10. The molecule has 0 bridgehead atoms. The first-order chi connectivity index (χ1) is 11.0. The molecule has 1 aliphatic heterocycles. The number of amidine groups is 1. The molecular weight excluding hydrogens is 323 g/mol. The van der Waals surface area contributed by atoms with E-state index in [1.807, 2.05) is 23.1 Å². The van der Waals surface area contributed by atoms with E-state index in [1.54, 1.807) is 24.0 Å². The molecule has 0 atom stereocenters. The molecule has 2 heterocycles. The van der Waals surface area contributed by atoms with Crippen LogP contribution >= 0.6 is 11.8 Å². The van der Waals surface area contributed by atoms with Gasteiger partial charge in [-0.1, -0.05) is 23.9 Å². The van der Waals surface area contributed by atoms with Gasteiger partial charge in [0.2, 0.25) is 0 Å². The van der Waals surface area contributed by atoms with Crippen LogP contribution in [-0.4, -0.2) is 27.3 Å². The minimum absolute atomic E-state index is 0.315. The normalized spacial score (nSPS) is 17.0. The van der Waals surface area contributed by atoms with E-state index in [2.05, 4.69) is 9.98 Å². The molecule has 3 nitrogen and oxygen atoms in total. The number of benzene rings is 1. The lowest BCUT2D eigenvalue weighted by Gasteiger charge is -2.17. The largest absolute Gasteiger partial charge is 0.416 e. The number of thioether (sulfide) groups is 1. The number of hydrogen-bond acceptors (Lipinski definition) is 3. The fourth-order valence-electron chi connectivity index (χ4n) is 2.23. The number of nitrogens with zero attached hydrogens (tertiary/aromatic N) is 3. The summed E-state index contributed by atoms with van der Waals surface area (Å²) >= 11 is 1.54. The zero-order chi connectivity index (χ0) is 16.3. The molecule has 1 saturated heterocycles. The van der Waals surface area contributed by atoms with Gasteiger partial charge in [-0.05, 0) is 30.3 Å². The first-order valence-corrected chi connectivity index (χ1v) is 8.04. The number of rotatable bonds is 3. The second kappa shape index (κ2) is 6.62. The van der Waals surface area contributed by atoms with Crippen LogP contribution in [0.4, 0.5) is 18.9 Å². The van der Waals surface area contributed by atoms with Crippen LogP contribution in [0.5, 0.6) is 0 Å². The van der Waals surface area contributed by atoms with Crippen molar-refractivity contribution in [3.63, 3.8) is 0 Å². The first kappa shape index (κ1) is 15.9. The van der Waals surface area contributed by atoms with Crippen molar-refractivity contribution in [2.24, 2.45) is 4.99 Å². The summed E-state index contributed by atoms with van der Waals surface area (Å²) in [7, 11) is 0. The summed E-state index contributed by atoms with van der Waals surface area (Å²) in [4.78, 5) is 10.7. The molecule has 2 aromatic rings. The van der Waals surface area contributed by atoms with Gasteiger partial charge >= 0.3 is 6.18 Å². The van der Waals surface area contributed by atoms with Gasteiger partial charge < -0.3 is 4.90 Å². The molecular formula is C16H14F3N3S. The predicted octanol–water partition coefficient (Wildman–Crippen LogP) is 4.34. The van der Waals surface area contributed by atoms with Crippen LogP contribution in [0.2, 0.25) is 0 Å². The average molecular weight is 337 g/mol. The van der Waals surface area contributed by atoms with Gasteiger partial charge in [0.15, 0.2) is 5.17 Å². The molecule has 0 aliphatic carbocycles. The lowest BCUT2D eigenvalue weighted by atomic mass is 10.2. The minimum atomic E-state index is -4.35. The number of alkyl halides is 3. The molecule has 3 rings (SSSR count). The van der Waals surface area contributed by atoms with E-state index in [1.165, 1.54) is 6.07 Å². The van der Waals surface area contributed by atoms with Gasteiger partial charge in [-0.3, -0.25) is 4.98 Å². The highest BCUT2D eigenvalue weighted by atomic mass is 32.2. The van der Waals surface area contributed by atoms with Crippen LogP contribution in [0.3, 0.4) is 0 Å². The van der Waals surface area contributed by atoms with Crippen molar-refractivity contribution in [3.05, 3.63) is 59.9 Å². The van der Waals surface area contributed by atoms with E-state index in [9.17, 15) is 13.2 Å². The van der Waals surface area contributed by atoms with E-state index in [4.69, 9.17) is 0 Å². The van der Waals surface area contributed by atoms with Crippen molar-refractivity contribution in [3.8, 4) is 0 Å². The third-order valence-corrected chi connectivity index (χ3v) is 4.33. The smallest absolute Gasteiger partial charge is 0.344 e. The molecule has 1 aliphatic rings. The predicted molar refractivity (Wildman–Crippen MR) is 85.6 cm³/mol. The summed E-state index contributed by atoms with van der Waals surface area (Å²) < 4.78 is 38.3. The fourth-order valence-corrected chi connectivity index (χ4v) is 3.24. The Morgan fingerprint density at radius 1 is 1.17 bits per heavy atom. The Morgan fingerprint density at radius 2 is 2.04 bits per heavy atom. The first-order valence-electron chi connectivity index (χ1n) is 7.06. The summed E-state index contributed by atoms with van der Waals surface area (Å²) in [6, 6.07) is 10.8. The van der Waals surface area contributed by atoms with Crippen molar-refractivity contribution in [2.75, 3.05) is 12.3 Å². The van der Waals surface area contributed by atoms with Crippen molar-refractivity contribution in [1.29, 1.82) is 0 Å². The van der Waals surface area contributed by atoms with Crippen LogP contribution < -0.4 is 0 Å². The lowest BCUT2D eigenvalue weighted by Crippen LogP contribution is -2.24. The SMILES string of the molecule is FC(F)(F)c1cccc(N=C2SCCN2Cc2ccccn2)c1. The van der Waals surface area contributed by atoms with E-state index < -0.39 is 11.7 Å². The van der Waals surface area contributed by atoms with Crippen LogP contribution in [0.25, 0.3) is 0 Å².